The van der Waals surface area contributed by atoms with Crippen LogP contribution in [0.25, 0.3) is 0 Å². The van der Waals surface area contributed by atoms with Crippen molar-refractivity contribution in [3.05, 3.63) is 23.8 Å². The summed E-state index contributed by atoms with van der Waals surface area (Å²) >= 11 is 0. The van der Waals surface area contributed by atoms with E-state index in [-0.39, 0.29) is 5.91 Å². The zero-order valence-corrected chi connectivity index (χ0v) is 16.3. The van der Waals surface area contributed by atoms with Gasteiger partial charge in [0.1, 0.15) is 0 Å². The van der Waals surface area contributed by atoms with Crippen molar-refractivity contribution >= 4 is 27.3 Å². The van der Waals surface area contributed by atoms with Gasteiger partial charge >= 0.3 is 0 Å². The molecule has 0 atom stereocenters. The lowest BCUT2D eigenvalue weighted by molar-refractivity contribution is -0.120. The van der Waals surface area contributed by atoms with E-state index in [0.717, 1.165) is 49.7 Å². The molecule has 1 aromatic rings. The fourth-order valence-electron chi connectivity index (χ4n) is 4.03. The van der Waals surface area contributed by atoms with E-state index in [1.54, 1.807) is 6.07 Å². The van der Waals surface area contributed by atoms with Crippen molar-refractivity contribution in [1.29, 1.82) is 0 Å². The second-order valence-corrected chi connectivity index (χ2v) is 9.21. The molecule has 26 heavy (non-hydrogen) atoms. The van der Waals surface area contributed by atoms with E-state index in [0.29, 0.717) is 18.3 Å². The molecular weight excluding hydrogens is 350 g/mol. The van der Waals surface area contributed by atoms with E-state index >= 15 is 0 Å². The van der Waals surface area contributed by atoms with E-state index in [4.69, 9.17) is 0 Å². The molecule has 0 radical (unpaired) electrons. The Morgan fingerprint density at radius 3 is 2.58 bits per heavy atom. The third-order valence-corrected chi connectivity index (χ3v) is 5.79. The molecule has 7 heteroatoms. The van der Waals surface area contributed by atoms with Gasteiger partial charge in [0, 0.05) is 18.3 Å². The summed E-state index contributed by atoms with van der Waals surface area (Å²) in [6, 6.07) is 5.90. The molecule has 1 saturated carbocycles. The lowest BCUT2D eigenvalue weighted by atomic mass is 10.00. The Bertz CT molecular complexity index is 740. The molecule has 0 bridgehead atoms. The molecule has 0 saturated heterocycles. The average Bonchev–Trinajstić information content (AvgIpc) is 2.83. The number of carbonyl (C=O) groups is 1. The fraction of sp³-hybridized carbons (Fsp3) is 0.632. The predicted molar refractivity (Wildman–Crippen MR) is 105 cm³/mol. The first-order valence-electron chi connectivity index (χ1n) is 9.56. The van der Waals surface area contributed by atoms with Crippen LogP contribution in [0.5, 0.6) is 0 Å². The summed E-state index contributed by atoms with van der Waals surface area (Å²) in [4.78, 5) is 14.6. The molecule has 1 fully saturated rings. The summed E-state index contributed by atoms with van der Waals surface area (Å²) in [6.07, 6.45) is 9.95. The summed E-state index contributed by atoms with van der Waals surface area (Å²) in [6.45, 7) is 1.14. The molecule has 144 valence electrons. The van der Waals surface area contributed by atoms with Gasteiger partial charge in [-0.2, -0.15) is 0 Å². The highest BCUT2D eigenvalue weighted by molar-refractivity contribution is 7.92. The Hall–Kier alpha value is -1.76. The van der Waals surface area contributed by atoms with Gasteiger partial charge in [-0.05, 0) is 43.4 Å². The highest BCUT2D eigenvalue weighted by atomic mass is 32.2. The number of anilines is 2. The predicted octanol–water partition coefficient (Wildman–Crippen LogP) is 2.65. The summed E-state index contributed by atoms with van der Waals surface area (Å²) in [7, 11) is -3.32. The second-order valence-electron chi connectivity index (χ2n) is 7.46. The van der Waals surface area contributed by atoms with Crippen LogP contribution in [0.4, 0.5) is 11.4 Å². The van der Waals surface area contributed by atoms with Crippen LogP contribution in [-0.4, -0.2) is 39.7 Å². The quantitative estimate of drug-likeness (QED) is 0.771. The Balaban J connectivity index is 1.69. The van der Waals surface area contributed by atoms with Gasteiger partial charge in [-0.15, -0.1) is 0 Å². The minimum Gasteiger partial charge on any atom is -0.362 e. The van der Waals surface area contributed by atoms with Crippen molar-refractivity contribution in [2.24, 2.45) is 0 Å². The van der Waals surface area contributed by atoms with Gasteiger partial charge in [-0.25, -0.2) is 8.42 Å². The summed E-state index contributed by atoms with van der Waals surface area (Å²) in [5.41, 5.74) is 2.56. The summed E-state index contributed by atoms with van der Waals surface area (Å²) in [5, 5.41) is 3.20. The Morgan fingerprint density at radius 2 is 1.88 bits per heavy atom. The number of rotatable bonds is 5. The first-order valence-corrected chi connectivity index (χ1v) is 11.5. The van der Waals surface area contributed by atoms with Crippen molar-refractivity contribution in [2.75, 3.05) is 29.0 Å². The smallest absolute Gasteiger partial charge is 0.239 e. The number of fused-ring (bicyclic) bond motifs is 1. The molecule has 1 aliphatic carbocycles. The molecule has 3 rings (SSSR count). The van der Waals surface area contributed by atoms with Crippen molar-refractivity contribution in [1.82, 2.24) is 5.32 Å². The fourth-order valence-corrected chi connectivity index (χ4v) is 4.62. The van der Waals surface area contributed by atoms with E-state index in [1.807, 2.05) is 12.1 Å². The summed E-state index contributed by atoms with van der Waals surface area (Å²) in [5.74, 6) is 0.0613. The average molecular weight is 380 g/mol. The zero-order chi connectivity index (χ0) is 18.6. The molecule has 0 unspecified atom stereocenters. The number of nitrogens with one attached hydrogen (secondary N) is 2. The van der Waals surface area contributed by atoms with Gasteiger partial charge in [0.25, 0.3) is 0 Å². The number of nitrogens with zero attached hydrogens (tertiary/aromatic N) is 1. The normalized spacial score (nSPS) is 18.7. The zero-order valence-electron chi connectivity index (χ0n) is 15.5. The molecule has 0 spiro atoms. The molecular formula is C19H29N3O3S. The van der Waals surface area contributed by atoms with Crippen LogP contribution in [0.1, 0.15) is 50.5 Å². The van der Waals surface area contributed by atoms with Crippen LogP contribution in [0.15, 0.2) is 18.2 Å². The Kier molecular flexibility index (Phi) is 6.06. The van der Waals surface area contributed by atoms with Crippen LogP contribution in [0.2, 0.25) is 0 Å². The number of benzene rings is 1. The highest BCUT2D eigenvalue weighted by Crippen LogP contribution is 2.33. The van der Waals surface area contributed by atoms with Crippen molar-refractivity contribution in [2.45, 2.75) is 57.4 Å². The Morgan fingerprint density at radius 1 is 1.15 bits per heavy atom. The van der Waals surface area contributed by atoms with E-state index < -0.39 is 10.0 Å². The number of amides is 1. The lowest BCUT2D eigenvalue weighted by Gasteiger charge is -2.32. The van der Waals surface area contributed by atoms with Crippen LogP contribution < -0.4 is 14.9 Å². The van der Waals surface area contributed by atoms with Crippen LogP contribution >= 0.6 is 0 Å². The standard InChI is InChI=1S/C19H29N3O3S/c1-26(24,25)21-17-11-6-12-18-16(17)10-7-13-22(18)14-19(23)20-15-8-4-2-3-5-9-15/h6,11-12,15,21H,2-5,7-10,13-14H2,1H3,(H,20,23). The minimum atomic E-state index is -3.32. The maximum atomic E-state index is 12.6. The molecule has 1 aromatic carbocycles. The van der Waals surface area contributed by atoms with E-state index in [1.165, 1.54) is 25.7 Å². The molecule has 1 heterocycles. The highest BCUT2D eigenvalue weighted by Gasteiger charge is 2.23. The largest absolute Gasteiger partial charge is 0.362 e. The SMILES string of the molecule is CS(=O)(=O)Nc1cccc2c1CCCN2CC(=O)NC1CCCCCC1. The molecule has 2 N–H and O–H groups in total. The second kappa shape index (κ2) is 8.29. The molecule has 6 nitrogen and oxygen atoms in total. The van der Waals surface area contributed by atoms with E-state index in [9.17, 15) is 13.2 Å². The number of carbonyl (C=O) groups excluding carboxylic acids is 1. The van der Waals surface area contributed by atoms with Crippen LogP contribution in [0.3, 0.4) is 0 Å². The number of hydrogen-bond acceptors (Lipinski definition) is 4. The van der Waals surface area contributed by atoms with Gasteiger partial charge in [0.05, 0.1) is 18.5 Å². The van der Waals surface area contributed by atoms with Gasteiger partial charge in [0.2, 0.25) is 15.9 Å². The van der Waals surface area contributed by atoms with Crippen LogP contribution in [0, 0.1) is 0 Å². The molecule has 0 aromatic heterocycles. The summed E-state index contributed by atoms with van der Waals surface area (Å²) < 4.78 is 25.8. The van der Waals surface area contributed by atoms with Crippen molar-refractivity contribution in [3.8, 4) is 0 Å². The first-order chi connectivity index (χ1) is 12.4. The number of hydrogen-bond donors (Lipinski definition) is 2. The van der Waals surface area contributed by atoms with Gasteiger partial charge in [0.15, 0.2) is 0 Å². The molecule has 1 amide bonds. The topological polar surface area (TPSA) is 78.5 Å². The van der Waals surface area contributed by atoms with Crippen molar-refractivity contribution < 1.29 is 13.2 Å². The maximum Gasteiger partial charge on any atom is 0.239 e. The first kappa shape index (κ1) is 19.0. The third kappa shape index (κ3) is 5.13. The lowest BCUT2D eigenvalue weighted by Crippen LogP contribution is -2.43. The Labute approximate surface area is 156 Å². The van der Waals surface area contributed by atoms with Crippen molar-refractivity contribution in [3.63, 3.8) is 0 Å². The monoisotopic (exact) mass is 379 g/mol. The molecule has 1 aliphatic heterocycles. The van der Waals surface area contributed by atoms with E-state index in [2.05, 4.69) is 14.9 Å². The third-order valence-electron chi connectivity index (χ3n) is 5.20. The van der Waals surface area contributed by atoms with Gasteiger partial charge in [-0.3, -0.25) is 9.52 Å². The minimum absolute atomic E-state index is 0.0613. The number of sulfonamides is 1. The maximum absolute atomic E-state index is 12.6. The molecule has 2 aliphatic rings. The van der Waals surface area contributed by atoms with Crippen LogP contribution in [-0.2, 0) is 21.2 Å². The van der Waals surface area contributed by atoms with Gasteiger partial charge < -0.3 is 10.2 Å². The van der Waals surface area contributed by atoms with Gasteiger partial charge in [-0.1, -0.05) is 31.7 Å².